The van der Waals surface area contributed by atoms with Crippen LogP contribution in [-0.2, 0) is 9.59 Å². The lowest BCUT2D eigenvalue weighted by molar-refractivity contribution is -0.142. The van der Waals surface area contributed by atoms with Crippen LogP contribution >= 0.6 is 25.3 Å². The molecule has 0 aliphatic heterocycles. The van der Waals surface area contributed by atoms with Crippen molar-refractivity contribution in [1.29, 1.82) is 0 Å². The topological polar surface area (TPSA) is 74.6 Å². The number of rotatable bonds is 3. The Bertz CT molecular complexity index is 144. The standard InChI is InChI=1S/C4H6O4S2.H4Si/c5-3(6)1(9)2(10)4(7)8;/h1-2,9-10H,(H,5,6)(H,7,8);1H4. The fraction of sp³-hybridized carbons (Fsp3) is 0.500. The van der Waals surface area contributed by atoms with Crippen molar-refractivity contribution >= 4 is 48.2 Å². The number of aliphatic carboxylic acids is 2. The number of carbonyl (C=O) groups is 2. The van der Waals surface area contributed by atoms with Gasteiger partial charge in [-0.1, -0.05) is 0 Å². The summed E-state index contributed by atoms with van der Waals surface area (Å²) in [7, 11) is 0. The van der Waals surface area contributed by atoms with Gasteiger partial charge in [-0.2, -0.15) is 25.3 Å². The maximum atomic E-state index is 10.1. The third-order valence-corrected chi connectivity index (χ3v) is 2.08. The van der Waals surface area contributed by atoms with Gasteiger partial charge >= 0.3 is 11.9 Å². The summed E-state index contributed by atoms with van der Waals surface area (Å²) in [5.41, 5.74) is 0. The number of carboxylic acid groups (broad SMARTS) is 2. The van der Waals surface area contributed by atoms with E-state index in [9.17, 15) is 9.59 Å². The van der Waals surface area contributed by atoms with Gasteiger partial charge in [0.15, 0.2) is 0 Å². The Hall–Kier alpha value is -0.143. The molecule has 0 aromatic rings. The van der Waals surface area contributed by atoms with E-state index in [0.29, 0.717) is 0 Å². The molecule has 0 aliphatic rings. The van der Waals surface area contributed by atoms with Gasteiger partial charge in [-0.05, 0) is 11.0 Å². The van der Waals surface area contributed by atoms with E-state index in [2.05, 4.69) is 25.3 Å². The highest BCUT2D eigenvalue weighted by atomic mass is 32.1. The predicted molar refractivity (Wildman–Crippen MR) is 52.2 cm³/mol. The number of hydrogen-bond acceptors (Lipinski definition) is 4. The molecular weight excluding hydrogens is 204 g/mol. The van der Waals surface area contributed by atoms with E-state index in [1.807, 2.05) is 0 Å². The molecule has 66 valence electrons. The summed E-state index contributed by atoms with van der Waals surface area (Å²) in [6, 6.07) is 0. The first-order valence-electron chi connectivity index (χ1n) is 2.28. The van der Waals surface area contributed by atoms with E-state index < -0.39 is 22.4 Å². The first-order valence-corrected chi connectivity index (χ1v) is 3.32. The van der Waals surface area contributed by atoms with Crippen molar-refractivity contribution in [1.82, 2.24) is 0 Å². The molecule has 0 heterocycles. The van der Waals surface area contributed by atoms with Crippen molar-refractivity contribution in [2.75, 3.05) is 0 Å². The van der Waals surface area contributed by atoms with Crippen molar-refractivity contribution in [2.24, 2.45) is 0 Å². The van der Waals surface area contributed by atoms with Gasteiger partial charge in [-0.15, -0.1) is 0 Å². The Morgan fingerprint density at radius 1 is 1.00 bits per heavy atom. The Balaban J connectivity index is 0. The van der Waals surface area contributed by atoms with Crippen LogP contribution in [0.5, 0.6) is 0 Å². The van der Waals surface area contributed by atoms with Crippen LogP contribution in [0.1, 0.15) is 0 Å². The fourth-order valence-corrected chi connectivity index (χ4v) is 0.525. The lowest BCUT2D eigenvalue weighted by Gasteiger charge is -2.07. The molecule has 0 radical (unpaired) electrons. The Morgan fingerprint density at radius 3 is 1.27 bits per heavy atom. The summed E-state index contributed by atoms with van der Waals surface area (Å²) >= 11 is 7.00. The third kappa shape index (κ3) is 4.33. The van der Waals surface area contributed by atoms with Crippen LogP contribution in [0, 0.1) is 0 Å². The van der Waals surface area contributed by atoms with Gasteiger partial charge in [-0.25, -0.2) is 0 Å². The normalized spacial score (nSPS) is 14.4. The maximum absolute atomic E-state index is 10.1. The summed E-state index contributed by atoms with van der Waals surface area (Å²) in [6.07, 6.45) is 0. The molecule has 0 fully saturated rings. The number of carboxylic acids is 2. The van der Waals surface area contributed by atoms with Crippen LogP contribution in [0.4, 0.5) is 0 Å². The first-order chi connectivity index (χ1) is 4.46. The van der Waals surface area contributed by atoms with Crippen molar-refractivity contribution in [3.63, 3.8) is 0 Å². The molecule has 0 bridgehead atoms. The molecule has 0 saturated heterocycles. The van der Waals surface area contributed by atoms with Crippen LogP contribution in [0.25, 0.3) is 0 Å². The zero-order valence-electron chi connectivity index (χ0n) is 4.76. The highest BCUT2D eigenvalue weighted by Gasteiger charge is 2.26. The third-order valence-electron chi connectivity index (χ3n) is 0.805. The van der Waals surface area contributed by atoms with Crippen LogP contribution in [0.3, 0.4) is 0 Å². The lowest BCUT2D eigenvalue weighted by Crippen LogP contribution is -2.31. The SMILES string of the molecule is O=C(O)C(S)C(S)C(=O)O.[SiH4]. The largest absolute Gasteiger partial charge is 0.480 e. The first kappa shape index (κ1) is 13.4. The molecule has 0 aromatic heterocycles. The molecule has 0 rings (SSSR count). The Kier molecular flexibility index (Phi) is 6.72. The number of thiol groups is 2. The van der Waals surface area contributed by atoms with Crippen molar-refractivity contribution in [3.8, 4) is 0 Å². The molecule has 0 spiro atoms. The molecule has 4 nitrogen and oxygen atoms in total. The molecule has 2 atom stereocenters. The van der Waals surface area contributed by atoms with Crippen molar-refractivity contribution < 1.29 is 19.8 Å². The average molecular weight is 214 g/mol. The second kappa shape index (κ2) is 5.50. The highest BCUT2D eigenvalue weighted by molar-refractivity contribution is 7.86. The minimum atomic E-state index is -1.29. The van der Waals surface area contributed by atoms with Gasteiger partial charge in [0.1, 0.15) is 10.5 Å². The van der Waals surface area contributed by atoms with E-state index >= 15 is 0 Å². The Labute approximate surface area is 78.8 Å². The predicted octanol–water partition coefficient (Wildman–Crippen LogP) is -1.70. The minimum Gasteiger partial charge on any atom is -0.480 e. The van der Waals surface area contributed by atoms with E-state index in [1.54, 1.807) is 0 Å². The fourth-order valence-electron chi connectivity index (χ4n) is 0.270. The summed E-state index contributed by atoms with van der Waals surface area (Å²) < 4.78 is 0. The van der Waals surface area contributed by atoms with Gasteiger partial charge in [0.2, 0.25) is 0 Å². The molecule has 2 N–H and O–H groups in total. The van der Waals surface area contributed by atoms with Gasteiger partial charge in [0.25, 0.3) is 0 Å². The summed E-state index contributed by atoms with van der Waals surface area (Å²) in [4.78, 5) is 20.1. The van der Waals surface area contributed by atoms with Crippen molar-refractivity contribution in [3.05, 3.63) is 0 Å². The van der Waals surface area contributed by atoms with Gasteiger partial charge in [0, 0.05) is 0 Å². The monoisotopic (exact) mass is 214 g/mol. The molecule has 0 saturated carbocycles. The quantitative estimate of drug-likeness (QED) is 0.334. The van der Waals surface area contributed by atoms with E-state index in [0.717, 1.165) is 0 Å². The van der Waals surface area contributed by atoms with Gasteiger partial charge in [-0.3, -0.25) is 9.59 Å². The molecule has 7 heteroatoms. The average Bonchev–Trinajstić information content (AvgIpc) is 1.84. The maximum Gasteiger partial charge on any atom is 0.318 e. The molecule has 0 aromatic carbocycles. The molecular formula is C4H10O4S2Si. The zero-order valence-corrected chi connectivity index (χ0v) is 6.55. The Morgan fingerprint density at radius 2 is 1.18 bits per heavy atom. The highest BCUT2D eigenvalue weighted by Crippen LogP contribution is 2.08. The van der Waals surface area contributed by atoms with Crippen LogP contribution < -0.4 is 0 Å². The number of hydrogen-bond donors (Lipinski definition) is 4. The second-order valence-electron chi connectivity index (χ2n) is 1.57. The van der Waals surface area contributed by atoms with E-state index in [4.69, 9.17) is 10.2 Å². The summed E-state index contributed by atoms with van der Waals surface area (Å²) in [5, 5.41) is 13.9. The van der Waals surface area contributed by atoms with Crippen LogP contribution in [0.2, 0.25) is 0 Å². The van der Waals surface area contributed by atoms with Gasteiger partial charge < -0.3 is 10.2 Å². The molecule has 2 unspecified atom stereocenters. The zero-order chi connectivity index (χ0) is 8.31. The van der Waals surface area contributed by atoms with Crippen molar-refractivity contribution in [2.45, 2.75) is 10.5 Å². The summed E-state index contributed by atoms with van der Waals surface area (Å²) in [6.45, 7) is 0. The second-order valence-corrected chi connectivity index (χ2v) is 2.68. The smallest absolute Gasteiger partial charge is 0.318 e. The minimum absolute atomic E-state index is 0. The lowest BCUT2D eigenvalue weighted by atomic mass is 10.3. The molecule has 0 amide bonds. The van der Waals surface area contributed by atoms with Crippen LogP contribution in [0.15, 0.2) is 0 Å². The summed E-state index contributed by atoms with van der Waals surface area (Å²) in [5.74, 6) is -2.57. The van der Waals surface area contributed by atoms with E-state index in [-0.39, 0.29) is 11.0 Å². The molecule has 11 heavy (non-hydrogen) atoms. The molecule has 0 aliphatic carbocycles. The van der Waals surface area contributed by atoms with E-state index in [1.165, 1.54) is 0 Å². The van der Waals surface area contributed by atoms with Gasteiger partial charge in [0.05, 0.1) is 0 Å². The van der Waals surface area contributed by atoms with Crippen LogP contribution in [-0.4, -0.2) is 43.6 Å².